The number of hydrogen-bond acceptors (Lipinski definition) is 3. The molecule has 0 N–H and O–H groups in total. The molecule has 5 heteroatoms. The molecule has 1 aliphatic rings. The van der Waals surface area contributed by atoms with Crippen LogP contribution in [0.25, 0.3) is 0 Å². The van der Waals surface area contributed by atoms with Crippen molar-refractivity contribution in [2.45, 2.75) is 38.5 Å². The van der Waals surface area contributed by atoms with Gasteiger partial charge in [-0.2, -0.15) is 4.31 Å². The summed E-state index contributed by atoms with van der Waals surface area (Å²) in [6.07, 6.45) is 1.88. The molecule has 0 aliphatic carbocycles. The number of sulfonamides is 1. The van der Waals surface area contributed by atoms with Crippen LogP contribution in [0.3, 0.4) is 0 Å². The Morgan fingerprint density at radius 2 is 1.75 bits per heavy atom. The van der Waals surface area contributed by atoms with Gasteiger partial charge in [-0.25, -0.2) is 8.42 Å². The zero-order valence-corrected chi connectivity index (χ0v) is 13.5. The molecule has 1 saturated heterocycles. The first-order valence-electron chi connectivity index (χ1n) is 7.01. The molecule has 0 bridgehead atoms. The third-order valence-electron chi connectivity index (χ3n) is 4.05. The maximum atomic E-state index is 12.8. The van der Waals surface area contributed by atoms with E-state index in [9.17, 15) is 8.42 Å². The van der Waals surface area contributed by atoms with E-state index in [1.165, 1.54) is 0 Å². The number of piperidine rings is 1. The van der Waals surface area contributed by atoms with Gasteiger partial charge in [-0.3, -0.25) is 0 Å². The minimum atomic E-state index is -3.39. The molecule has 2 rings (SSSR count). The largest absolute Gasteiger partial charge is 0.496 e. The van der Waals surface area contributed by atoms with Gasteiger partial charge in [-0.05, 0) is 55.9 Å². The molecule has 0 spiro atoms. The highest BCUT2D eigenvalue weighted by Gasteiger charge is 2.29. The van der Waals surface area contributed by atoms with Crippen LogP contribution >= 0.6 is 0 Å². The van der Waals surface area contributed by atoms with E-state index < -0.39 is 10.0 Å². The maximum absolute atomic E-state index is 12.8. The number of hydrogen-bond donors (Lipinski definition) is 0. The van der Waals surface area contributed by atoms with Crippen LogP contribution in [0.2, 0.25) is 0 Å². The summed E-state index contributed by atoms with van der Waals surface area (Å²) in [5, 5.41) is 0. The molecule has 1 aromatic carbocycles. The molecule has 20 heavy (non-hydrogen) atoms. The van der Waals surface area contributed by atoms with E-state index in [2.05, 4.69) is 6.92 Å². The van der Waals surface area contributed by atoms with E-state index in [-0.39, 0.29) is 0 Å². The van der Waals surface area contributed by atoms with Crippen LogP contribution < -0.4 is 4.74 Å². The van der Waals surface area contributed by atoms with E-state index in [1.54, 1.807) is 23.5 Å². The van der Waals surface area contributed by atoms with E-state index in [1.807, 2.05) is 13.8 Å². The molecule has 0 unspecified atom stereocenters. The molecule has 0 saturated carbocycles. The SMILES string of the molecule is COc1cc(C)c(S(=O)(=O)N2CCC(C)CC2)cc1C. The summed E-state index contributed by atoms with van der Waals surface area (Å²) >= 11 is 0. The summed E-state index contributed by atoms with van der Waals surface area (Å²) in [4.78, 5) is 0.408. The van der Waals surface area contributed by atoms with Crippen molar-refractivity contribution >= 4 is 10.0 Å². The van der Waals surface area contributed by atoms with Crippen molar-refractivity contribution in [3.63, 3.8) is 0 Å². The Morgan fingerprint density at radius 1 is 1.15 bits per heavy atom. The Labute approximate surface area is 121 Å². The fraction of sp³-hybridized carbons (Fsp3) is 0.600. The van der Waals surface area contributed by atoms with Crippen molar-refractivity contribution in [3.8, 4) is 5.75 Å². The Kier molecular flexibility index (Phi) is 4.39. The summed E-state index contributed by atoms with van der Waals surface area (Å²) < 4.78 is 32.4. The van der Waals surface area contributed by atoms with Gasteiger partial charge in [0, 0.05) is 13.1 Å². The molecule has 112 valence electrons. The third kappa shape index (κ3) is 2.83. The van der Waals surface area contributed by atoms with Crippen molar-refractivity contribution in [2.24, 2.45) is 5.92 Å². The molecule has 0 radical (unpaired) electrons. The molecule has 0 amide bonds. The Balaban J connectivity index is 2.37. The van der Waals surface area contributed by atoms with Gasteiger partial charge in [-0.1, -0.05) is 6.92 Å². The van der Waals surface area contributed by atoms with Gasteiger partial charge in [0.2, 0.25) is 10.0 Å². The second kappa shape index (κ2) is 5.74. The smallest absolute Gasteiger partial charge is 0.243 e. The molecule has 1 aliphatic heterocycles. The van der Waals surface area contributed by atoms with Gasteiger partial charge >= 0.3 is 0 Å². The lowest BCUT2D eigenvalue weighted by atomic mass is 10.0. The highest BCUT2D eigenvalue weighted by Crippen LogP contribution is 2.29. The zero-order chi connectivity index (χ0) is 14.9. The predicted octanol–water partition coefficient (Wildman–Crippen LogP) is 2.73. The lowest BCUT2D eigenvalue weighted by Gasteiger charge is -2.30. The van der Waals surface area contributed by atoms with Crippen LogP contribution in [-0.2, 0) is 10.0 Å². The highest BCUT2D eigenvalue weighted by atomic mass is 32.2. The zero-order valence-electron chi connectivity index (χ0n) is 12.6. The average molecular weight is 297 g/mol. The van der Waals surface area contributed by atoms with Crippen molar-refractivity contribution < 1.29 is 13.2 Å². The second-order valence-corrected chi connectivity index (χ2v) is 7.58. The molecule has 1 fully saturated rings. The standard InChI is InChI=1S/C15H23NO3S/c1-11-5-7-16(8-6-11)20(17,18)15-10-12(2)14(19-4)9-13(15)3/h9-11H,5-8H2,1-4H3. The summed E-state index contributed by atoms with van der Waals surface area (Å²) in [6.45, 7) is 7.10. The lowest BCUT2D eigenvalue weighted by Crippen LogP contribution is -2.38. The summed E-state index contributed by atoms with van der Waals surface area (Å²) in [5.74, 6) is 1.34. The highest BCUT2D eigenvalue weighted by molar-refractivity contribution is 7.89. The number of benzene rings is 1. The summed E-state index contributed by atoms with van der Waals surface area (Å²) in [7, 11) is -1.79. The Morgan fingerprint density at radius 3 is 2.30 bits per heavy atom. The number of methoxy groups -OCH3 is 1. The van der Waals surface area contributed by atoms with E-state index >= 15 is 0 Å². The van der Waals surface area contributed by atoms with Crippen LogP contribution in [0.1, 0.15) is 30.9 Å². The quantitative estimate of drug-likeness (QED) is 0.862. The molecule has 1 aromatic rings. The second-order valence-electron chi connectivity index (χ2n) is 5.67. The fourth-order valence-electron chi connectivity index (χ4n) is 2.63. The van der Waals surface area contributed by atoms with Crippen LogP contribution in [0.4, 0.5) is 0 Å². The molecule has 1 heterocycles. The van der Waals surface area contributed by atoms with Gasteiger partial charge in [0.15, 0.2) is 0 Å². The molecule has 0 atom stereocenters. The normalized spacial score (nSPS) is 18.2. The minimum Gasteiger partial charge on any atom is -0.496 e. The van der Waals surface area contributed by atoms with Gasteiger partial charge in [0.1, 0.15) is 5.75 Å². The van der Waals surface area contributed by atoms with E-state index in [0.29, 0.717) is 23.9 Å². The van der Waals surface area contributed by atoms with Gasteiger partial charge in [-0.15, -0.1) is 0 Å². The van der Waals surface area contributed by atoms with Crippen molar-refractivity contribution in [2.75, 3.05) is 20.2 Å². The number of nitrogens with zero attached hydrogens (tertiary/aromatic N) is 1. The molecule has 0 aromatic heterocycles. The molecular formula is C15H23NO3S. The minimum absolute atomic E-state index is 0.408. The fourth-order valence-corrected chi connectivity index (χ4v) is 4.39. The van der Waals surface area contributed by atoms with E-state index in [0.717, 1.165) is 29.7 Å². The first-order valence-corrected chi connectivity index (χ1v) is 8.45. The average Bonchev–Trinajstić information content (AvgIpc) is 2.41. The topological polar surface area (TPSA) is 46.6 Å². The van der Waals surface area contributed by atoms with Crippen molar-refractivity contribution in [1.82, 2.24) is 4.31 Å². The first kappa shape index (κ1) is 15.3. The number of ether oxygens (including phenoxy) is 1. The molecule has 4 nitrogen and oxygen atoms in total. The number of rotatable bonds is 3. The predicted molar refractivity (Wildman–Crippen MR) is 79.6 cm³/mol. The van der Waals surface area contributed by atoms with Gasteiger partial charge in [0.25, 0.3) is 0 Å². The van der Waals surface area contributed by atoms with Crippen molar-refractivity contribution in [1.29, 1.82) is 0 Å². The van der Waals surface area contributed by atoms with Crippen LogP contribution in [0.15, 0.2) is 17.0 Å². The maximum Gasteiger partial charge on any atom is 0.243 e. The summed E-state index contributed by atoms with van der Waals surface area (Å²) in [5.41, 5.74) is 1.59. The van der Waals surface area contributed by atoms with Gasteiger partial charge < -0.3 is 4.74 Å². The number of aryl methyl sites for hydroxylation is 2. The monoisotopic (exact) mass is 297 g/mol. The third-order valence-corrected chi connectivity index (χ3v) is 6.09. The summed E-state index contributed by atoms with van der Waals surface area (Å²) in [6, 6.07) is 3.52. The van der Waals surface area contributed by atoms with Crippen molar-refractivity contribution in [3.05, 3.63) is 23.3 Å². The Bertz CT molecular complexity index is 587. The lowest BCUT2D eigenvalue weighted by molar-refractivity contribution is 0.288. The first-order chi connectivity index (χ1) is 9.36. The van der Waals surface area contributed by atoms with Crippen LogP contribution in [0.5, 0.6) is 5.75 Å². The Hall–Kier alpha value is -1.07. The molecular weight excluding hydrogens is 274 g/mol. The van der Waals surface area contributed by atoms with E-state index in [4.69, 9.17) is 4.74 Å². The van der Waals surface area contributed by atoms with Crippen LogP contribution in [0, 0.1) is 19.8 Å². The van der Waals surface area contributed by atoms with Gasteiger partial charge in [0.05, 0.1) is 12.0 Å². The van der Waals surface area contributed by atoms with Crippen LogP contribution in [-0.4, -0.2) is 32.9 Å².